The third-order valence-electron chi connectivity index (χ3n) is 7.71. The zero-order valence-electron chi connectivity index (χ0n) is 16.4. The van der Waals surface area contributed by atoms with Gasteiger partial charge in [-0.2, -0.15) is 0 Å². The van der Waals surface area contributed by atoms with E-state index in [4.69, 9.17) is 0 Å². The van der Waals surface area contributed by atoms with Crippen LogP contribution < -0.4 is 5.32 Å². The van der Waals surface area contributed by atoms with Crippen LogP contribution in [0.15, 0.2) is 35.3 Å². The maximum absolute atomic E-state index is 12.6. The highest BCUT2D eigenvalue weighted by atomic mass is 16.3. The van der Waals surface area contributed by atoms with Crippen molar-refractivity contribution in [2.45, 2.75) is 59.3 Å². The van der Waals surface area contributed by atoms with E-state index < -0.39 is 11.6 Å². The van der Waals surface area contributed by atoms with Gasteiger partial charge in [0.2, 0.25) is 11.6 Å². The molecule has 0 amide bonds. The number of rotatable bonds is 3. The van der Waals surface area contributed by atoms with E-state index in [1.54, 1.807) is 7.05 Å². The second-order valence-corrected chi connectivity index (χ2v) is 8.92. The minimum Gasteiger partial charge on any atom is -0.505 e. The summed E-state index contributed by atoms with van der Waals surface area (Å²) in [5, 5.41) is 13.5. The number of nitrogens with one attached hydrogen (secondary N) is 1. The smallest absolute Gasteiger partial charge is 0.232 e. The van der Waals surface area contributed by atoms with Crippen LogP contribution in [0.3, 0.4) is 0 Å². The van der Waals surface area contributed by atoms with Crippen molar-refractivity contribution in [2.24, 2.45) is 22.7 Å². The van der Waals surface area contributed by atoms with Crippen molar-refractivity contribution in [3.63, 3.8) is 0 Å². The number of aliphatic hydroxyl groups excluding tert-OH is 1. The van der Waals surface area contributed by atoms with Crippen LogP contribution in [0.4, 0.5) is 0 Å². The summed E-state index contributed by atoms with van der Waals surface area (Å²) in [6.45, 7) is 11.2. The topological polar surface area (TPSA) is 66.4 Å². The zero-order valence-corrected chi connectivity index (χ0v) is 16.4. The maximum Gasteiger partial charge on any atom is 0.232 e. The SMILES string of the molecule is C=C1CCCC2C1(C)CCC(C)C2(C)CC1=C(O)C(NC)=CC(=O)C1=O. The van der Waals surface area contributed by atoms with Crippen molar-refractivity contribution in [1.29, 1.82) is 0 Å². The Kier molecular flexibility index (Phi) is 4.66. The molecular weight excluding hydrogens is 326 g/mol. The number of aliphatic hydroxyl groups is 1. The predicted molar refractivity (Wildman–Crippen MR) is 103 cm³/mol. The van der Waals surface area contributed by atoms with E-state index in [9.17, 15) is 14.7 Å². The predicted octanol–water partition coefficient (Wildman–Crippen LogP) is 4.24. The molecule has 0 aromatic heterocycles. The van der Waals surface area contributed by atoms with Crippen LogP contribution in [0, 0.1) is 22.7 Å². The maximum atomic E-state index is 12.6. The highest BCUT2D eigenvalue weighted by Crippen LogP contribution is 2.63. The van der Waals surface area contributed by atoms with Crippen molar-refractivity contribution < 1.29 is 14.7 Å². The minimum atomic E-state index is -0.558. The lowest BCUT2D eigenvalue weighted by Gasteiger charge is -2.59. The van der Waals surface area contributed by atoms with Gasteiger partial charge in [0.25, 0.3) is 0 Å². The summed E-state index contributed by atoms with van der Waals surface area (Å²) in [5.74, 6) is -0.347. The first-order valence-electron chi connectivity index (χ1n) is 9.74. The normalized spacial score (nSPS) is 38.2. The largest absolute Gasteiger partial charge is 0.505 e. The molecule has 0 aliphatic heterocycles. The number of Topliss-reactive ketones (excluding diaryl/α,β-unsaturated/α-hetero) is 1. The Bertz CT molecular complexity index is 732. The van der Waals surface area contributed by atoms with E-state index in [2.05, 4.69) is 32.7 Å². The quantitative estimate of drug-likeness (QED) is 0.450. The first kappa shape index (κ1) is 18.9. The van der Waals surface area contributed by atoms with E-state index in [-0.39, 0.29) is 22.2 Å². The number of hydrogen-bond donors (Lipinski definition) is 2. The van der Waals surface area contributed by atoms with Gasteiger partial charge in [-0.05, 0) is 61.2 Å². The van der Waals surface area contributed by atoms with Crippen molar-refractivity contribution >= 4 is 11.6 Å². The fourth-order valence-electron chi connectivity index (χ4n) is 5.68. The number of allylic oxidation sites excluding steroid dienone is 3. The fourth-order valence-corrected chi connectivity index (χ4v) is 5.68. The summed E-state index contributed by atoms with van der Waals surface area (Å²) < 4.78 is 0. The third kappa shape index (κ3) is 2.65. The summed E-state index contributed by atoms with van der Waals surface area (Å²) in [6.07, 6.45) is 7.16. The fraction of sp³-hybridized carbons (Fsp3) is 0.636. The van der Waals surface area contributed by atoms with Crippen LogP contribution in [0.5, 0.6) is 0 Å². The van der Waals surface area contributed by atoms with Crippen molar-refractivity contribution in [2.75, 3.05) is 7.05 Å². The number of carbonyl (C=O) groups is 2. The number of carbonyl (C=O) groups excluding carboxylic acids is 2. The molecular formula is C22H31NO3. The molecule has 4 unspecified atom stereocenters. The molecule has 4 atom stereocenters. The highest BCUT2D eigenvalue weighted by Gasteiger charge is 2.54. The molecule has 0 heterocycles. The van der Waals surface area contributed by atoms with Crippen LogP contribution in [-0.4, -0.2) is 23.7 Å². The molecule has 0 spiro atoms. The van der Waals surface area contributed by atoms with Gasteiger partial charge >= 0.3 is 0 Å². The summed E-state index contributed by atoms with van der Waals surface area (Å²) >= 11 is 0. The lowest BCUT2D eigenvalue weighted by Crippen LogP contribution is -2.51. The summed E-state index contributed by atoms with van der Waals surface area (Å²) in [5.41, 5.74) is 1.88. The number of likely N-dealkylation sites (N-methyl/N-ethyl adjacent to an activating group) is 1. The van der Waals surface area contributed by atoms with Crippen molar-refractivity contribution in [3.8, 4) is 0 Å². The van der Waals surface area contributed by atoms with E-state index in [1.165, 1.54) is 11.6 Å². The lowest BCUT2D eigenvalue weighted by molar-refractivity contribution is -0.132. The zero-order chi connectivity index (χ0) is 19.3. The number of hydrogen-bond acceptors (Lipinski definition) is 4. The van der Waals surface area contributed by atoms with Gasteiger partial charge in [0.05, 0.1) is 5.70 Å². The molecule has 0 aromatic rings. The molecule has 0 saturated heterocycles. The van der Waals surface area contributed by atoms with Gasteiger partial charge in [-0.25, -0.2) is 0 Å². The van der Waals surface area contributed by atoms with Crippen molar-refractivity contribution in [3.05, 3.63) is 35.3 Å². The van der Waals surface area contributed by atoms with Crippen LogP contribution in [0.25, 0.3) is 0 Å². The Morgan fingerprint density at radius 3 is 2.65 bits per heavy atom. The van der Waals surface area contributed by atoms with E-state index in [0.29, 0.717) is 24.0 Å². The van der Waals surface area contributed by atoms with Gasteiger partial charge in [0.1, 0.15) is 5.76 Å². The lowest BCUT2D eigenvalue weighted by atomic mass is 9.46. The number of fused-ring (bicyclic) bond motifs is 1. The molecule has 2 fully saturated rings. The van der Waals surface area contributed by atoms with Crippen LogP contribution in [0.1, 0.15) is 59.3 Å². The Balaban J connectivity index is 2.03. The van der Waals surface area contributed by atoms with Gasteiger partial charge in [0, 0.05) is 18.7 Å². The highest BCUT2D eigenvalue weighted by molar-refractivity contribution is 6.48. The summed E-state index contributed by atoms with van der Waals surface area (Å²) in [7, 11) is 1.65. The molecule has 2 saturated carbocycles. The Morgan fingerprint density at radius 2 is 2.00 bits per heavy atom. The second-order valence-electron chi connectivity index (χ2n) is 8.92. The average Bonchev–Trinajstić information content (AvgIpc) is 2.61. The van der Waals surface area contributed by atoms with E-state index in [0.717, 1.165) is 32.1 Å². The molecule has 3 rings (SSSR count). The monoisotopic (exact) mass is 357 g/mol. The van der Waals surface area contributed by atoms with E-state index >= 15 is 0 Å². The van der Waals surface area contributed by atoms with E-state index in [1.807, 2.05) is 0 Å². The van der Waals surface area contributed by atoms with Gasteiger partial charge < -0.3 is 10.4 Å². The Morgan fingerprint density at radius 1 is 1.31 bits per heavy atom. The molecule has 3 aliphatic carbocycles. The van der Waals surface area contributed by atoms with Gasteiger partial charge in [-0.1, -0.05) is 32.9 Å². The number of ketones is 2. The summed E-state index contributed by atoms with van der Waals surface area (Å²) in [4.78, 5) is 24.7. The second kappa shape index (κ2) is 6.40. The van der Waals surface area contributed by atoms with Gasteiger partial charge in [-0.3, -0.25) is 9.59 Å². The van der Waals surface area contributed by atoms with Gasteiger partial charge in [-0.15, -0.1) is 0 Å². The average molecular weight is 357 g/mol. The molecule has 0 radical (unpaired) electrons. The molecule has 142 valence electrons. The standard InChI is InChI=1S/C22H31NO3/c1-13-7-6-8-18-21(13,3)10-9-14(2)22(18,4)12-15-19(25)16(23-5)11-17(24)20(15)26/h11,14,18,23,25H,1,6-10,12H2,2-5H3. The molecule has 4 heteroatoms. The molecule has 2 N–H and O–H groups in total. The van der Waals surface area contributed by atoms with Crippen LogP contribution in [0.2, 0.25) is 0 Å². The Labute approximate surface area is 156 Å². The Hall–Kier alpha value is -1.84. The van der Waals surface area contributed by atoms with Gasteiger partial charge in [0.15, 0.2) is 0 Å². The first-order valence-corrected chi connectivity index (χ1v) is 9.74. The minimum absolute atomic E-state index is 0.0626. The molecule has 3 aliphatic rings. The van der Waals surface area contributed by atoms with Crippen LogP contribution >= 0.6 is 0 Å². The third-order valence-corrected chi connectivity index (χ3v) is 7.71. The molecule has 0 aromatic carbocycles. The molecule has 0 bridgehead atoms. The van der Waals surface area contributed by atoms with Crippen molar-refractivity contribution in [1.82, 2.24) is 5.32 Å². The first-order chi connectivity index (χ1) is 12.1. The summed E-state index contributed by atoms with van der Waals surface area (Å²) in [6, 6.07) is 0. The van der Waals surface area contributed by atoms with Crippen LogP contribution in [-0.2, 0) is 9.59 Å². The molecule has 4 nitrogen and oxygen atoms in total. The molecule has 26 heavy (non-hydrogen) atoms.